The second-order valence-corrected chi connectivity index (χ2v) is 11.8. The number of aliphatic hydroxyl groups excluding tert-OH is 1. The van der Waals surface area contributed by atoms with Crippen molar-refractivity contribution in [2.75, 3.05) is 18.9 Å². The molecular formula is C32H43N9O8S. The molecule has 0 fully saturated rings. The van der Waals surface area contributed by atoms with Gasteiger partial charge in [0.2, 0.25) is 23.6 Å². The third kappa shape index (κ3) is 11.7. The standard InChI is InChI=1S/C32H43N9O8S/c33-21(12-17-7-9-19(43)10-8-17)27(44)40-25(15-42)29(46)41-26(16-50)30(47)39-24(13-18-14-37-22-5-2-1-4-20(18)22)28(45)38-23(31(48)49)6-3-11-36-32(34)35/h1-2,4-5,7-10,14,21,23-26,37,42-43,50H,3,6,11-13,15-16,33H2,(H,38,45)(H,39,47)(H,40,44)(H,41,46)(H,48,49)(H4,34,35,36)/t21-,23-,24-,25-,26-/m0/s1. The Kier molecular flexibility index (Phi) is 14.9. The van der Waals surface area contributed by atoms with Crippen LogP contribution in [0.1, 0.15) is 24.0 Å². The number of para-hydroxylation sites is 1. The third-order valence-electron chi connectivity index (χ3n) is 7.65. The zero-order chi connectivity index (χ0) is 36.8. The molecule has 0 aliphatic heterocycles. The summed E-state index contributed by atoms with van der Waals surface area (Å²) in [5, 5.41) is 39.7. The molecule has 0 radical (unpaired) electrons. The van der Waals surface area contributed by atoms with E-state index in [1.807, 2.05) is 18.2 Å². The molecule has 2 aromatic carbocycles. The van der Waals surface area contributed by atoms with Crippen molar-refractivity contribution in [1.82, 2.24) is 26.3 Å². The van der Waals surface area contributed by atoms with Gasteiger partial charge in [0.05, 0.1) is 12.6 Å². The van der Waals surface area contributed by atoms with Crippen molar-refractivity contribution in [2.24, 2.45) is 22.2 Å². The van der Waals surface area contributed by atoms with Gasteiger partial charge in [0.1, 0.15) is 29.9 Å². The van der Waals surface area contributed by atoms with Gasteiger partial charge in [0.25, 0.3) is 0 Å². The van der Waals surface area contributed by atoms with Crippen LogP contribution in [0.15, 0.2) is 59.7 Å². The van der Waals surface area contributed by atoms with Crippen LogP contribution in [0.25, 0.3) is 10.9 Å². The first-order valence-corrected chi connectivity index (χ1v) is 16.3. The summed E-state index contributed by atoms with van der Waals surface area (Å²) < 4.78 is 0. The summed E-state index contributed by atoms with van der Waals surface area (Å²) >= 11 is 4.17. The number of rotatable bonds is 19. The maximum Gasteiger partial charge on any atom is 0.326 e. The number of amides is 4. The number of hydrogen-bond acceptors (Lipinski definition) is 10. The van der Waals surface area contributed by atoms with Crippen LogP contribution in [0.5, 0.6) is 5.75 Å². The molecule has 14 N–H and O–H groups in total. The SMILES string of the molecule is NC(N)=NCCC[C@H](NC(=O)[C@H](Cc1c[nH]c2ccccc12)NC(=O)[C@H](CS)NC(=O)[C@H](CO)NC(=O)[C@@H](N)Cc1ccc(O)cc1)C(=O)O. The van der Waals surface area contributed by atoms with E-state index in [4.69, 9.17) is 17.2 Å². The van der Waals surface area contributed by atoms with E-state index in [1.165, 1.54) is 12.1 Å². The molecule has 1 heterocycles. The maximum absolute atomic E-state index is 13.5. The first-order chi connectivity index (χ1) is 23.8. The largest absolute Gasteiger partial charge is 0.508 e. The third-order valence-corrected chi connectivity index (χ3v) is 8.02. The van der Waals surface area contributed by atoms with Crippen LogP contribution in [0.4, 0.5) is 0 Å². The number of nitrogens with one attached hydrogen (secondary N) is 5. The fourth-order valence-corrected chi connectivity index (χ4v) is 5.21. The van der Waals surface area contributed by atoms with Crippen LogP contribution in [0, 0.1) is 0 Å². The summed E-state index contributed by atoms with van der Waals surface area (Å²) in [4.78, 5) is 71.7. The Bertz CT molecular complexity index is 1660. The van der Waals surface area contributed by atoms with Crippen molar-refractivity contribution >= 4 is 59.1 Å². The highest BCUT2D eigenvalue weighted by Gasteiger charge is 2.32. The van der Waals surface area contributed by atoms with E-state index in [2.05, 4.69) is 43.9 Å². The lowest BCUT2D eigenvalue weighted by Gasteiger charge is -2.25. The molecule has 270 valence electrons. The number of guanidine groups is 1. The lowest BCUT2D eigenvalue weighted by molar-refractivity contribution is -0.142. The predicted octanol–water partition coefficient (Wildman–Crippen LogP) is -2.01. The minimum atomic E-state index is -1.48. The lowest BCUT2D eigenvalue weighted by atomic mass is 10.0. The molecule has 17 nitrogen and oxygen atoms in total. The number of nitrogens with zero attached hydrogens (tertiary/aromatic N) is 1. The van der Waals surface area contributed by atoms with Crippen molar-refractivity contribution in [1.29, 1.82) is 0 Å². The summed E-state index contributed by atoms with van der Waals surface area (Å²) in [5.74, 6) is -4.97. The number of carbonyl (C=O) groups is 5. The zero-order valence-corrected chi connectivity index (χ0v) is 27.9. The van der Waals surface area contributed by atoms with Crippen molar-refractivity contribution in [3.8, 4) is 5.75 Å². The molecule has 0 spiro atoms. The normalized spacial score (nSPS) is 14.0. The number of phenols is 1. The molecule has 0 aliphatic rings. The number of aliphatic imine (C=N–C) groups is 1. The van der Waals surface area contributed by atoms with Gasteiger partial charge < -0.3 is 58.8 Å². The van der Waals surface area contributed by atoms with Gasteiger partial charge in [-0.15, -0.1) is 0 Å². The predicted molar refractivity (Wildman–Crippen MR) is 188 cm³/mol. The number of phenolic OH excluding ortho intramolecular Hbond substituents is 1. The first-order valence-electron chi connectivity index (χ1n) is 15.6. The molecule has 4 amide bonds. The van der Waals surface area contributed by atoms with Gasteiger partial charge in [-0.2, -0.15) is 12.6 Å². The summed E-state index contributed by atoms with van der Waals surface area (Å²) in [6.07, 6.45) is 1.93. The number of aromatic amines is 1. The van der Waals surface area contributed by atoms with E-state index in [0.717, 1.165) is 10.9 Å². The molecule has 50 heavy (non-hydrogen) atoms. The number of aliphatic hydroxyl groups is 1. The Morgan fingerprint density at radius 3 is 2.06 bits per heavy atom. The monoisotopic (exact) mass is 713 g/mol. The number of thiol groups is 1. The molecule has 3 rings (SSSR count). The number of benzene rings is 2. The average molecular weight is 714 g/mol. The highest BCUT2D eigenvalue weighted by atomic mass is 32.1. The molecule has 0 aliphatic carbocycles. The fraction of sp³-hybridized carbons (Fsp3) is 0.375. The van der Waals surface area contributed by atoms with Gasteiger partial charge in [-0.1, -0.05) is 30.3 Å². The molecule has 1 aromatic heterocycles. The van der Waals surface area contributed by atoms with E-state index < -0.39 is 66.4 Å². The minimum absolute atomic E-state index is 0.00616. The van der Waals surface area contributed by atoms with Crippen LogP contribution >= 0.6 is 12.6 Å². The topological polar surface area (TPSA) is 300 Å². The second kappa shape index (κ2) is 19.0. The Morgan fingerprint density at radius 1 is 0.820 bits per heavy atom. The van der Waals surface area contributed by atoms with E-state index in [0.29, 0.717) is 11.1 Å². The van der Waals surface area contributed by atoms with E-state index >= 15 is 0 Å². The zero-order valence-electron chi connectivity index (χ0n) is 27.0. The Balaban J connectivity index is 1.72. The maximum atomic E-state index is 13.5. The molecule has 5 atom stereocenters. The summed E-state index contributed by atoms with van der Waals surface area (Å²) in [6, 6.07) is 6.75. The van der Waals surface area contributed by atoms with Crippen LogP contribution in [-0.4, -0.2) is 105 Å². The highest BCUT2D eigenvalue weighted by molar-refractivity contribution is 7.80. The number of carboxylic acids is 1. The van der Waals surface area contributed by atoms with Gasteiger partial charge in [-0.3, -0.25) is 24.2 Å². The smallest absolute Gasteiger partial charge is 0.326 e. The molecule has 0 unspecified atom stereocenters. The average Bonchev–Trinajstić information content (AvgIpc) is 3.49. The molecule has 3 aromatic rings. The number of fused-ring (bicyclic) bond motifs is 1. The molecule has 0 saturated heterocycles. The summed E-state index contributed by atoms with van der Waals surface area (Å²) in [6.45, 7) is -0.684. The lowest BCUT2D eigenvalue weighted by Crippen LogP contribution is -2.60. The number of aromatic nitrogens is 1. The second-order valence-electron chi connectivity index (χ2n) is 11.4. The van der Waals surface area contributed by atoms with Crippen LogP contribution in [-0.2, 0) is 36.8 Å². The van der Waals surface area contributed by atoms with Crippen molar-refractivity contribution in [3.63, 3.8) is 0 Å². The van der Waals surface area contributed by atoms with Crippen molar-refractivity contribution in [2.45, 2.75) is 55.9 Å². The van der Waals surface area contributed by atoms with E-state index in [9.17, 15) is 39.3 Å². The number of hydrogen-bond donors (Lipinski definition) is 12. The number of aromatic hydroxyl groups is 1. The van der Waals surface area contributed by atoms with Crippen LogP contribution in [0.2, 0.25) is 0 Å². The number of H-pyrrole nitrogens is 1. The van der Waals surface area contributed by atoms with Gasteiger partial charge in [-0.25, -0.2) is 4.79 Å². The highest BCUT2D eigenvalue weighted by Crippen LogP contribution is 2.19. The van der Waals surface area contributed by atoms with E-state index in [1.54, 1.807) is 24.4 Å². The molecule has 18 heteroatoms. The first kappa shape index (κ1) is 39.1. The number of carbonyl (C=O) groups excluding carboxylic acids is 4. The molecule has 0 bridgehead atoms. The van der Waals surface area contributed by atoms with Crippen LogP contribution < -0.4 is 38.5 Å². The van der Waals surface area contributed by atoms with Crippen LogP contribution in [0.3, 0.4) is 0 Å². The number of carboxylic acid groups (broad SMARTS) is 1. The number of aliphatic carboxylic acids is 1. The quantitative estimate of drug-likeness (QED) is 0.0279. The fourth-order valence-electron chi connectivity index (χ4n) is 4.95. The summed E-state index contributed by atoms with van der Waals surface area (Å²) in [5.41, 5.74) is 18.7. The minimum Gasteiger partial charge on any atom is -0.508 e. The molecular weight excluding hydrogens is 670 g/mol. The Morgan fingerprint density at radius 2 is 1.42 bits per heavy atom. The van der Waals surface area contributed by atoms with Gasteiger partial charge in [0.15, 0.2) is 5.96 Å². The van der Waals surface area contributed by atoms with E-state index in [-0.39, 0.29) is 49.7 Å². The Labute approximate surface area is 292 Å². The molecule has 0 saturated carbocycles. The van der Waals surface area contributed by atoms with Gasteiger partial charge in [0, 0.05) is 35.8 Å². The summed E-state index contributed by atoms with van der Waals surface area (Å²) in [7, 11) is 0. The van der Waals surface area contributed by atoms with Crippen molar-refractivity contribution in [3.05, 3.63) is 65.9 Å². The van der Waals surface area contributed by atoms with Crippen molar-refractivity contribution < 1.29 is 39.3 Å². The Hall–Kier alpha value is -5.33. The van der Waals surface area contributed by atoms with Gasteiger partial charge in [-0.05, 0) is 48.6 Å². The van der Waals surface area contributed by atoms with Gasteiger partial charge >= 0.3 is 5.97 Å². The number of nitrogens with two attached hydrogens (primary N) is 3.